The summed E-state index contributed by atoms with van der Waals surface area (Å²) in [6.07, 6.45) is 9.42. The molecule has 0 aromatic heterocycles. The molecule has 0 saturated carbocycles. The molecule has 4 heteroatoms. The van der Waals surface area contributed by atoms with E-state index in [1.165, 1.54) is 12.4 Å². The number of aliphatic imine (C=N–C) groups is 2. The van der Waals surface area contributed by atoms with Crippen LogP contribution in [0.2, 0.25) is 0 Å². The highest BCUT2D eigenvalue weighted by Gasteiger charge is 1.93. The lowest BCUT2D eigenvalue weighted by atomic mass is 10.5. The molecule has 0 heterocycles. The van der Waals surface area contributed by atoms with Crippen LogP contribution in [0.5, 0.6) is 0 Å². The van der Waals surface area contributed by atoms with Crippen molar-refractivity contribution in [2.75, 3.05) is 0 Å². The number of rotatable bonds is 4. The number of hydrogen-bond acceptors (Lipinski definition) is 2. The Bertz CT molecular complexity index is 276. The number of hydrogen-bond donors (Lipinski definition) is 2. The fraction of sp³-hybridized carbons (Fsp3) is 0. The molecule has 0 unspecified atom stereocenters. The van der Waals surface area contributed by atoms with Crippen LogP contribution in [0.4, 0.5) is 0 Å². The van der Waals surface area contributed by atoms with E-state index in [1.807, 2.05) is 0 Å². The lowest BCUT2D eigenvalue weighted by Gasteiger charge is -1.94. The third-order valence-corrected chi connectivity index (χ3v) is 1.13. The lowest BCUT2D eigenvalue weighted by Crippen LogP contribution is -2.30. The molecule has 0 saturated heterocycles. The van der Waals surface area contributed by atoms with Gasteiger partial charge in [0.1, 0.15) is 0 Å². The topological polar surface area (TPSA) is 76.8 Å². The number of nitrogens with zero attached hydrogens (tertiary/aromatic N) is 2. The number of nitrogens with two attached hydrogens (primary N) is 2. The van der Waals surface area contributed by atoms with Gasteiger partial charge in [0.2, 0.25) is 0 Å². The van der Waals surface area contributed by atoms with Gasteiger partial charge in [0.25, 0.3) is 0 Å². The van der Waals surface area contributed by atoms with Gasteiger partial charge in [-0.2, -0.15) is 0 Å². The van der Waals surface area contributed by atoms with Gasteiger partial charge in [0.05, 0.1) is 0 Å². The van der Waals surface area contributed by atoms with Crippen molar-refractivity contribution in [1.82, 2.24) is 0 Å². The second-order valence-electron chi connectivity index (χ2n) is 2.18. The van der Waals surface area contributed by atoms with E-state index in [2.05, 4.69) is 23.1 Å². The van der Waals surface area contributed by atoms with Crippen molar-refractivity contribution in [2.24, 2.45) is 21.5 Å². The largest absolute Gasteiger partial charge is 0.381 e. The average molecular weight is 190 g/mol. The quantitative estimate of drug-likeness (QED) is 0.395. The number of amidine groups is 2. The summed E-state index contributed by atoms with van der Waals surface area (Å²) in [7, 11) is 0. The molecule has 74 valence electrons. The van der Waals surface area contributed by atoms with Crippen LogP contribution in [0, 0.1) is 0 Å². The Balaban J connectivity index is 4.43. The predicted octanol–water partition coefficient (Wildman–Crippen LogP) is 1.10. The Hall–Kier alpha value is -2.10. The highest BCUT2D eigenvalue weighted by atomic mass is 15.0. The van der Waals surface area contributed by atoms with E-state index in [-0.39, 0.29) is 11.7 Å². The Morgan fingerprint density at radius 2 is 1.21 bits per heavy atom. The summed E-state index contributed by atoms with van der Waals surface area (Å²) >= 11 is 0. The molecule has 0 amide bonds. The van der Waals surface area contributed by atoms with Gasteiger partial charge in [-0.05, 0) is 12.2 Å². The van der Waals surface area contributed by atoms with Crippen LogP contribution in [0.1, 0.15) is 0 Å². The van der Waals surface area contributed by atoms with Crippen LogP contribution in [-0.4, -0.2) is 11.7 Å². The molecule has 0 atom stereocenters. The van der Waals surface area contributed by atoms with Crippen molar-refractivity contribution in [3.63, 3.8) is 0 Å². The summed E-state index contributed by atoms with van der Waals surface area (Å²) in [5, 5.41) is 0. The zero-order valence-corrected chi connectivity index (χ0v) is 7.93. The van der Waals surface area contributed by atoms with Crippen molar-refractivity contribution < 1.29 is 0 Å². The van der Waals surface area contributed by atoms with E-state index in [1.54, 1.807) is 24.3 Å². The molecule has 0 bridgehead atoms. The maximum Gasteiger partial charge on any atom is 0.166 e. The fourth-order valence-corrected chi connectivity index (χ4v) is 0.501. The second kappa shape index (κ2) is 7.54. The summed E-state index contributed by atoms with van der Waals surface area (Å²) in [5.41, 5.74) is 11.0. The molecule has 0 aliphatic carbocycles. The highest BCUT2D eigenvalue weighted by Crippen LogP contribution is 1.81. The van der Waals surface area contributed by atoms with Crippen LogP contribution in [-0.2, 0) is 0 Å². The summed E-state index contributed by atoms with van der Waals surface area (Å²) in [4.78, 5) is 7.64. The smallest absolute Gasteiger partial charge is 0.166 e. The Labute approximate surface area is 83.7 Å². The van der Waals surface area contributed by atoms with Gasteiger partial charge in [-0.25, -0.2) is 9.98 Å². The predicted molar refractivity (Wildman–Crippen MR) is 61.9 cm³/mol. The third kappa shape index (κ3) is 5.54. The van der Waals surface area contributed by atoms with Crippen molar-refractivity contribution in [1.29, 1.82) is 0 Å². The lowest BCUT2D eigenvalue weighted by molar-refractivity contribution is 1.46. The summed E-state index contributed by atoms with van der Waals surface area (Å²) in [6, 6.07) is 0. The first kappa shape index (κ1) is 11.9. The standard InChI is InChI=1S/C10H14N4/c1-3-5-7-13-9(11)10(12)14-8-6-4-2/h3-8H,1-2H2,(H2,11,13)(H2,12,14)/b7-5-,8-6-. The van der Waals surface area contributed by atoms with Crippen LogP contribution >= 0.6 is 0 Å². The molecular weight excluding hydrogens is 176 g/mol. The molecule has 0 radical (unpaired) electrons. The van der Waals surface area contributed by atoms with Gasteiger partial charge >= 0.3 is 0 Å². The molecule has 0 fully saturated rings. The van der Waals surface area contributed by atoms with Crippen LogP contribution in [0.25, 0.3) is 0 Å². The first-order valence-electron chi connectivity index (χ1n) is 3.94. The first-order chi connectivity index (χ1) is 6.72. The Kier molecular flexibility index (Phi) is 6.41. The molecule has 0 aliphatic rings. The van der Waals surface area contributed by atoms with Gasteiger partial charge in [0, 0.05) is 12.4 Å². The summed E-state index contributed by atoms with van der Waals surface area (Å²) in [6.45, 7) is 6.96. The van der Waals surface area contributed by atoms with Crippen molar-refractivity contribution in [3.05, 3.63) is 49.9 Å². The van der Waals surface area contributed by atoms with Crippen molar-refractivity contribution in [3.8, 4) is 0 Å². The van der Waals surface area contributed by atoms with Gasteiger partial charge in [-0.1, -0.05) is 25.3 Å². The maximum atomic E-state index is 5.49. The minimum atomic E-state index is 0.164. The van der Waals surface area contributed by atoms with Crippen molar-refractivity contribution >= 4 is 11.7 Å². The molecule has 4 N–H and O–H groups in total. The zero-order valence-electron chi connectivity index (χ0n) is 7.93. The molecule has 14 heavy (non-hydrogen) atoms. The van der Waals surface area contributed by atoms with Crippen LogP contribution in [0.15, 0.2) is 59.8 Å². The van der Waals surface area contributed by atoms with Gasteiger partial charge in [0.15, 0.2) is 11.7 Å². The fourth-order valence-electron chi connectivity index (χ4n) is 0.501. The summed E-state index contributed by atoms with van der Waals surface area (Å²) in [5.74, 6) is 0.327. The highest BCUT2D eigenvalue weighted by molar-refractivity contribution is 6.39. The van der Waals surface area contributed by atoms with E-state index in [9.17, 15) is 0 Å². The number of allylic oxidation sites excluding steroid dienone is 4. The Morgan fingerprint density at radius 3 is 1.50 bits per heavy atom. The molecule has 0 spiro atoms. The van der Waals surface area contributed by atoms with Crippen LogP contribution in [0.3, 0.4) is 0 Å². The minimum absolute atomic E-state index is 0.164. The summed E-state index contributed by atoms with van der Waals surface area (Å²) < 4.78 is 0. The van der Waals surface area contributed by atoms with E-state index >= 15 is 0 Å². The van der Waals surface area contributed by atoms with E-state index in [4.69, 9.17) is 11.5 Å². The molecule has 0 aromatic carbocycles. The zero-order chi connectivity index (χ0) is 10.8. The minimum Gasteiger partial charge on any atom is -0.381 e. The molecular formula is C10H14N4. The van der Waals surface area contributed by atoms with Gasteiger partial charge < -0.3 is 11.5 Å². The SMILES string of the molecule is C=C/C=C\N=C(N)C(N)=N/C=C\C=C. The second-order valence-corrected chi connectivity index (χ2v) is 2.18. The van der Waals surface area contributed by atoms with Crippen LogP contribution < -0.4 is 11.5 Å². The van der Waals surface area contributed by atoms with Gasteiger partial charge in [-0.3, -0.25) is 0 Å². The molecule has 4 nitrogen and oxygen atoms in total. The average Bonchev–Trinajstić information content (AvgIpc) is 2.18. The van der Waals surface area contributed by atoms with E-state index in [0.717, 1.165) is 0 Å². The van der Waals surface area contributed by atoms with Gasteiger partial charge in [-0.15, -0.1) is 0 Å². The molecule has 0 aromatic rings. The van der Waals surface area contributed by atoms with E-state index < -0.39 is 0 Å². The van der Waals surface area contributed by atoms with Crippen molar-refractivity contribution in [2.45, 2.75) is 0 Å². The third-order valence-electron chi connectivity index (χ3n) is 1.13. The first-order valence-corrected chi connectivity index (χ1v) is 3.94. The maximum absolute atomic E-state index is 5.49. The Morgan fingerprint density at radius 1 is 0.857 bits per heavy atom. The molecule has 0 aliphatic heterocycles. The molecule has 0 rings (SSSR count). The van der Waals surface area contributed by atoms with E-state index in [0.29, 0.717) is 0 Å². The normalized spacial score (nSPS) is 13.7. The monoisotopic (exact) mass is 190 g/mol.